The number of piperidine rings is 1. The number of nitrogens with one attached hydrogen (secondary N) is 1. The fraction of sp³-hybridized carbons (Fsp3) is 0.333. The van der Waals surface area contributed by atoms with Crippen LogP contribution in [-0.4, -0.2) is 35.4 Å². The van der Waals surface area contributed by atoms with Crippen molar-refractivity contribution in [2.45, 2.75) is 25.2 Å². The maximum Gasteiger partial charge on any atom is 0.225 e. The van der Waals surface area contributed by atoms with E-state index >= 15 is 0 Å². The molecule has 0 spiro atoms. The molecule has 2 heterocycles. The van der Waals surface area contributed by atoms with Crippen molar-refractivity contribution in [3.05, 3.63) is 58.9 Å². The van der Waals surface area contributed by atoms with E-state index in [4.69, 9.17) is 16.0 Å². The third kappa shape index (κ3) is 4.74. The molecule has 0 atom stereocenters. The minimum atomic E-state index is -0.980. The number of carbonyl (C=O) groups excluding carboxylic acids is 1. The van der Waals surface area contributed by atoms with Crippen LogP contribution in [0.5, 0.6) is 0 Å². The summed E-state index contributed by atoms with van der Waals surface area (Å²) in [5, 5.41) is 3.23. The average molecular weight is 420 g/mol. The minimum Gasteiger partial charge on any atom is -0.440 e. The Morgan fingerprint density at radius 3 is 2.72 bits per heavy atom. The Hall–Kier alpha value is -2.51. The quantitative estimate of drug-likeness (QED) is 0.634. The van der Waals surface area contributed by atoms with Gasteiger partial charge in [-0.1, -0.05) is 11.6 Å². The Labute approximate surface area is 171 Å². The van der Waals surface area contributed by atoms with Gasteiger partial charge >= 0.3 is 0 Å². The minimum absolute atomic E-state index is 0.228. The number of likely N-dealkylation sites (tertiary alicyclic amines) is 1. The third-order valence-electron chi connectivity index (χ3n) is 5.16. The normalized spacial score (nSPS) is 15.7. The Bertz CT molecular complexity index is 1030. The molecule has 0 radical (unpaired) electrons. The highest BCUT2D eigenvalue weighted by Crippen LogP contribution is 2.30. The van der Waals surface area contributed by atoms with Crippen LogP contribution in [0.3, 0.4) is 0 Å². The van der Waals surface area contributed by atoms with Crippen LogP contribution in [0.1, 0.15) is 31.1 Å². The summed E-state index contributed by atoms with van der Waals surface area (Å²) in [6.07, 6.45) is 2.07. The second kappa shape index (κ2) is 8.47. The molecule has 1 aliphatic rings. The van der Waals surface area contributed by atoms with Gasteiger partial charge in [0.1, 0.15) is 5.52 Å². The van der Waals surface area contributed by atoms with Crippen LogP contribution in [0.15, 0.2) is 40.8 Å². The summed E-state index contributed by atoms with van der Waals surface area (Å²) in [5.74, 6) is -1.17. The number of carbonyl (C=O) groups is 1. The Kier molecular flexibility index (Phi) is 5.78. The van der Waals surface area contributed by atoms with Crippen LogP contribution in [0.4, 0.5) is 14.5 Å². The molecule has 29 heavy (non-hydrogen) atoms. The van der Waals surface area contributed by atoms with Crippen molar-refractivity contribution >= 4 is 34.3 Å². The Morgan fingerprint density at radius 1 is 1.17 bits per heavy atom. The molecular weight excluding hydrogens is 400 g/mol. The van der Waals surface area contributed by atoms with E-state index in [1.807, 2.05) is 6.07 Å². The Balaban J connectivity index is 1.26. The second-order valence-corrected chi connectivity index (χ2v) is 7.64. The first-order valence-corrected chi connectivity index (χ1v) is 9.89. The predicted molar refractivity (Wildman–Crippen MR) is 107 cm³/mol. The van der Waals surface area contributed by atoms with Crippen LogP contribution >= 0.6 is 11.6 Å². The molecule has 0 bridgehead atoms. The van der Waals surface area contributed by atoms with Gasteiger partial charge in [-0.3, -0.25) is 4.79 Å². The molecule has 5 nitrogen and oxygen atoms in total. The number of hydrogen-bond donors (Lipinski definition) is 1. The molecule has 3 aromatic rings. The van der Waals surface area contributed by atoms with Gasteiger partial charge in [0.25, 0.3) is 0 Å². The van der Waals surface area contributed by atoms with E-state index in [-0.39, 0.29) is 23.9 Å². The summed E-state index contributed by atoms with van der Waals surface area (Å²) in [6.45, 7) is 2.27. The fourth-order valence-corrected chi connectivity index (χ4v) is 3.72. The lowest BCUT2D eigenvalue weighted by Gasteiger charge is -2.30. The predicted octanol–water partition coefficient (Wildman–Crippen LogP) is 4.97. The van der Waals surface area contributed by atoms with Gasteiger partial charge in [0.15, 0.2) is 23.1 Å². The van der Waals surface area contributed by atoms with Gasteiger partial charge in [-0.05, 0) is 56.3 Å². The number of halogens is 3. The summed E-state index contributed by atoms with van der Waals surface area (Å²) in [5.41, 5.74) is 1.76. The van der Waals surface area contributed by atoms with Gasteiger partial charge in [0.05, 0.1) is 0 Å². The van der Waals surface area contributed by atoms with Gasteiger partial charge in [-0.2, -0.15) is 0 Å². The monoisotopic (exact) mass is 419 g/mol. The molecule has 0 aliphatic carbocycles. The first-order chi connectivity index (χ1) is 14.0. The van der Waals surface area contributed by atoms with Gasteiger partial charge < -0.3 is 14.6 Å². The van der Waals surface area contributed by atoms with Gasteiger partial charge in [0, 0.05) is 35.7 Å². The molecular formula is C21H20ClF2N3O2. The van der Waals surface area contributed by atoms with E-state index in [0.717, 1.165) is 55.1 Å². The van der Waals surface area contributed by atoms with E-state index in [1.165, 1.54) is 6.07 Å². The van der Waals surface area contributed by atoms with Crippen molar-refractivity contribution in [3.8, 4) is 0 Å². The zero-order valence-electron chi connectivity index (χ0n) is 15.6. The van der Waals surface area contributed by atoms with Gasteiger partial charge in [0.2, 0.25) is 5.91 Å². The number of aromatic nitrogens is 1. The highest BCUT2D eigenvalue weighted by molar-refractivity contribution is 6.31. The highest BCUT2D eigenvalue weighted by Gasteiger charge is 2.25. The molecule has 0 unspecified atom stereocenters. The maximum atomic E-state index is 13.2. The van der Waals surface area contributed by atoms with Gasteiger partial charge in [-0.25, -0.2) is 13.8 Å². The molecule has 1 N–H and O–H groups in total. The molecule has 0 saturated carbocycles. The third-order valence-corrected chi connectivity index (χ3v) is 5.40. The summed E-state index contributed by atoms with van der Waals surface area (Å²) in [6, 6.07) is 8.73. The van der Waals surface area contributed by atoms with E-state index in [1.54, 1.807) is 12.1 Å². The van der Waals surface area contributed by atoms with Crippen molar-refractivity contribution in [2.24, 2.45) is 0 Å². The smallest absolute Gasteiger partial charge is 0.225 e. The van der Waals surface area contributed by atoms with Crippen LogP contribution in [0.2, 0.25) is 5.02 Å². The lowest BCUT2D eigenvalue weighted by molar-refractivity contribution is -0.116. The number of benzene rings is 2. The molecule has 2 aromatic carbocycles. The Morgan fingerprint density at radius 2 is 1.97 bits per heavy atom. The second-order valence-electron chi connectivity index (χ2n) is 7.21. The average Bonchev–Trinajstić information content (AvgIpc) is 3.13. The SMILES string of the molecule is O=C(CCN1CCC(c2nc3cc(Cl)ccc3o2)CC1)Nc1ccc(F)c(F)c1. The van der Waals surface area contributed by atoms with Crippen LogP contribution in [-0.2, 0) is 4.79 Å². The molecule has 4 rings (SSSR count). The van der Waals surface area contributed by atoms with Crippen molar-refractivity contribution < 1.29 is 18.0 Å². The summed E-state index contributed by atoms with van der Waals surface area (Å²) in [7, 11) is 0. The van der Waals surface area contributed by atoms with E-state index in [2.05, 4.69) is 15.2 Å². The maximum absolute atomic E-state index is 13.2. The van der Waals surface area contributed by atoms with Crippen LogP contribution in [0.25, 0.3) is 11.1 Å². The van der Waals surface area contributed by atoms with E-state index < -0.39 is 11.6 Å². The zero-order chi connectivity index (χ0) is 20.4. The lowest BCUT2D eigenvalue weighted by atomic mass is 9.96. The summed E-state index contributed by atoms with van der Waals surface area (Å²) in [4.78, 5) is 18.8. The number of nitrogens with zero attached hydrogens (tertiary/aromatic N) is 2. The van der Waals surface area contributed by atoms with Crippen molar-refractivity contribution in [1.29, 1.82) is 0 Å². The van der Waals surface area contributed by atoms with Crippen molar-refractivity contribution in [1.82, 2.24) is 9.88 Å². The fourth-order valence-electron chi connectivity index (χ4n) is 3.55. The topological polar surface area (TPSA) is 58.4 Å². The molecule has 1 aromatic heterocycles. The molecule has 1 saturated heterocycles. The molecule has 152 valence electrons. The number of amides is 1. The molecule has 1 fully saturated rings. The van der Waals surface area contributed by atoms with Crippen molar-refractivity contribution in [3.63, 3.8) is 0 Å². The summed E-state index contributed by atoms with van der Waals surface area (Å²) >= 11 is 6.00. The summed E-state index contributed by atoms with van der Waals surface area (Å²) < 4.78 is 32.0. The first kappa shape index (κ1) is 19.8. The highest BCUT2D eigenvalue weighted by atomic mass is 35.5. The first-order valence-electron chi connectivity index (χ1n) is 9.51. The number of anilines is 1. The van der Waals surface area contributed by atoms with Gasteiger partial charge in [-0.15, -0.1) is 0 Å². The van der Waals surface area contributed by atoms with E-state index in [9.17, 15) is 13.6 Å². The molecule has 1 amide bonds. The zero-order valence-corrected chi connectivity index (χ0v) is 16.4. The lowest BCUT2D eigenvalue weighted by Crippen LogP contribution is -2.35. The van der Waals surface area contributed by atoms with Crippen LogP contribution in [0, 0.1) is 11.6 Å². The van der Waals surface area contributed by atoms with Crippen LogP contribution < -0.4 is 5.32 Å². The molecule has 1 aliphatic heterocycles. The molecule has 8 heteroatoms. The van der Waals surface area contributed by atoms with E-state index in [0.29, 0.717) is 11.6 Å². The number of rotatable bonds is 5. The number of oxazole rings is 1. The number of fused-ring (bicyclic) bond motifs is 1. The number of hydrogen-bond acceptors (Lipinski definition) is 4. The van der Waals surface area contributed by atoms with Crippen molar-refractivity contribution in [2.75, 3.05) is 25.0 Å². The standard InChI is InChI=1S/C21H20ClF2N3O2/c22-14-1-4-19-18(11-14)26-21(29-19)13-5-8-27(9-6-13)10-7-20(28)25-15-2-3-16(23)17(24)12-15/h1-4,11-13H,5-10H2,(H,25,28). The largest absolute Gasteiger partial charge is 0.440 e.